The van der Waals surface area contributed by atoms with Crippen LogP contribution in [0.15, 0.2) is 47.3 Å². The fourth-order valence-electron chi connectivity index (χ4n) is 7.21. The molecule has 2 saturated heterocycles. The van der Waals surface area contributed by atoms with E-state index in [0.29, 0.717) is 39.3 Å². The van der Waals surface area contributed by atoms with Crippen LogP contribution < -0.4 is 5.32 Å². The quantitative estimate of drug-likeness (QED) is 0.216. The third kappa shape index (κ3) is 6.07. The Labute approximate surface area is 281 Å². The highest BCUT2D eigenvalue weighted by molar-refractivity contribution is 9.10. The van der Waals surface area contributed by atoms with Crippen LogP contribution in [0.25, 0.3) is 22.0 Å². The summed E-state index contributed by atoms with van der Waals surface area (Å²) in [5.74, 6) is 0.524. The topological polar surface area (TPSA) is 129 Å². The second-order valence-electron chi connectivity index (χ2n) is 13.3. The molecule has 0 radical (unpaired) electrons. The molecular weight excluding hydrogens is 662 g/mol. The summed E-state index contributed by atoms with van der Waals surface area (Å²) in [5, 5.41) is 8.29. The Morgan fingerprint density at radius 2 is 1.74 bits per heavy atom. The number of nitrogens with one attached hydrogen (secondary N) is 1. The molecule has 47 heavy (non-hydrogen) atoms. The normalized spacial score (nSPS) is 22.8. The van der Waals surface area contributed by atoms with E-state index < -0.39 is 6.04 Å². The number of hydrogen-bond donors (Lipinski definition) is 1. The number of piperazine rings is 1. The number of aryl methyl sites for hydroxylation is 2. The third-order valence-corrected chi connectivity index (χ3v) is 10.4. The Hall–Kier alpha value is -4.07. The summed E-state index contributed by atoms with van der Waals surface area (Å²) in [4.78, 5) is 60.6. The molecule has 2 aliphatic heterocycles. The van der Waals surface area contributed by atoms with Crippen molar-refractivity contribution in [2.75, 3.05) is 45.1 Å². The number of halogens is 1. The van der Waals surface area contributed by atoms with Crippen molar-refractivity contribution in [3.05, 3.63) is 64.4 Å². The number of nitrogens with zero attached hydrogens (tertiary/aromatic N) is 8. The van der Waals surface area contributed by atoms with E-state index in [0.717, 1.165) is 55.8 Å². The van der Waals surface area contributed by atoms with Crippen LogP contribution in [-0.4, -0.2) is 109 Å². The maximum atomic E-state index is 14.3. The number of carbonyl (C=O) groups excluding carboxylic acids is 3. The van der Waals surface area contributed by atoms with Crippen molar-refractivity contribution in [1.29, 1.82) is 0 Å². The summed E-state index contributed by atoms with van der Waals surface area (Å²) in [5.41, 5.74) is 3.35. The van der Waals surface area contributed by atoms with E-state index >= 15 is 0 Å². The predicted molar refractivity (Wildman–Crippen MR) is 181 cm³/mol. The number of ketones is 1. The monoisotopic (exact) mass is 699 g/mol. The maximum absolute atomic E-state index is 14.3. The van der Waals surface area contributed by atoms with Gasteiger partial charge in [-0.2, -0.15) is 5.10 Å². The maximum Gasteiger partial charge on any atom is 0.248 e. The van der Waals surface area contributed by atoms with Crippen molar-refractivity contribution in [3.63, 3.8) is 0 Å². The molecule has 7 rings (SSSR count). The van der Waals surface area contributed by atoms with Gasteiger partial charge in [0.05, 0.1) is 5.52 Å². The summed E-state index contributed by atoms with van der Waals surface area (Å²) < 4.78 is 2.22. The second kappa shape index (κ2) is 12.2. The molecular formula is C34H38BrN9O3. The Morgan fingerprint density at radius 3 is 2.47 bits per heavy atom. The van der Waals surface area contributed by atoms with Crippen LogP contribution in [-0.2, 0) is 16.1 Å². The molecule has 1 aromatic carbocycles. The third-order valence-electron chi connectivity index (χ3n) is 9.93. The van der Waals surface area contributed by atoms with Gasteiger partial charge in [-0.15, -0.1) is 0 Å². The number of amides is 2. The fraction of sp³-hybridized carbons (Fsp3) is 0.441. The SMILES string of the molecule is CC(=O)c1nn(CC(=O)N2C3CC3(CN3CCN(C)CC3)C[C@H]2C(=O)Nc2nc(Br)ccc2C)c2ccc(-c3cnc(C)nc3)cc12. The van der Waals surface area contributed by atoms with Gasteiger partial charge in [-0.25, -0.2) is 15.0 Å². The van der Waals surface area contributed by atoms with Crippen LogP contribution in [0.2, 0.25) is 0 Å². The predicted octanol–water partition coefficient (Wildman–Crippen LogP) is 3.72. The van der Waals surface area contributed by atoms with Gasteiger partial charge in [0.1, 0.15) is 34.5 Å². The fourth-order valence-corrected chi connectivity index (χ4v) is 7.52. The zero-order chi connectivity index (χ0) is 33.0. The van der Waals surface area contributed by atoms with Gasteiger partial charge in [0.25, 0.3) is 0 Å². The number of rotatable bonds is 8. The Balaban J connectivity index is 1.18. The van der Waals surface area contributed by atoms with Gasteiger partial charge < -0.3 is 20.0 Å². The number of piperidine rings is 1. The van der Waals surface area contributed by atoms with E-state index in [9.17, 15) is 14.4 Å². The molecule has 5 heterocycles. The first-order chi connectivity index (χ1) is 22.5. The Kier molecular flexibility index (Phi) is 8.17. The molecule has 1 N–H and O–H groups in total. The van der Waals surface area contributed by atoms with E-state index in [1.165, 1.54) is 6.92 Å². The highest BCUT2D eigenvalue weighted by atomic mass is 79.9. The molecule has 3 atom stereocenters. The lowest BCUT2D eigenvalue weighted by atomic mass is 9.98. The molecule has 1 aliphatic carbocycles. The first kappa shape index (κ1) is 31.5. The molecule has 3 fully saturated rings. The number of carbonyl (C=O) groups is 3. The largest absolute Gasteiger partial charge is 0.325 e. The van der Waals surface area contributed by atoms with Gasteiger partial charge in [-0.1, -0.05) is 12.1 Å². The molecule has 2 unspecified atom stereocenters. The van der Waals surface area contributed by atoms with Crippen molar-refractivity contribution in [2.45, 2.75) is 52.2 Å². The zero-order valence-corrected chi connectivity index (χ0v) is 28.6. The zero-order valence-electron chi connectivity index (χ0n) is 27.0. The smallest absolute Gasteiger partial charge is 0.248 e. The summed E-state index contributed by atoms with van der Waals surface area (Å²) in [6.07, 6.45) is 4.95. The van der Waals surface area contributed by atoms with Gasteiger partial charge in [-0.3, -0.25) is 19.1 Å². The van der Waals surface area contributed by atoms with Crippen LogP contribution in [0, 0.1) is 19.3 Å². The lowest BCUT2D eigenvalue weighted by Crippen LogP contribution is -2.47. The van der Waals surface area contributed by atoms with Gasteiger partial charge in [0, 0.05) is 74.4 Å². The molecule has 244 valence electrons. The van der Waals surface area contributed by atoms with Gasteiger partial charge in [-0.05, 0) is 79.0 Å². The van der Waals surface area contributed by atoms with Crippen molar-refractivity contribution in [1.82, 2.24) is 39.4 Å². The van der Waals surface area contributed by atoms with Crippen LogP contribution in [0.5, 0.6) is 0 Å². The molecule has 0 spiro atoms. The van der Waals surface area contributed by atoms with Crippen LogP contribution in [0.3, 0.4) is 0 Å². The molecule has 3 aromatic heterocycles. The number of aromatic nitrogens is 5. The molecule has 4 aromatic rings. The average molecular weight is 701 g/mol. The molecule has 0 bridgehead atoms. The number of Topliss-reactive ketones (excluding diaryl/α,β-unsaturated/α-hetero) is 1. The van der Waals surface area contributed by atoms with Gasteiger partial charge in [0.15, 0.2) is 5.78 Å². The van der Waals surface area contributed by atoms with Crippen molar-refractivity contribution >= 4 is 50.2 Å². The summed E-state index contributed by atoms with van der Waals surface area (Å²) in [6, 6.07) is 8.74. The van der Waals surface area contributed by atoms with Gasteiger partial charge in [0.2, 0.25) is 11.8 Å². The first-order valence-corrected chi connectivity index (χ1v) is 16.8. The molecule has 3 aliphatic rings. The second-order valence-corrected chi connectivity index (χ2v) is 14.1. The van der Waals surface area contributed by atoms with Crippen LogP contribution in [0.4, 0.5) is 5.82 Å². The number of likely N-dealkylation sites (tertiary alicyclic amines) is 1. The van der Waals surface area contributed by atoms with Crippen LogP contribution in [0.1, 0.15) is 41.6 Å². The van der Waals surface area contributed by atoms with E-state index in [4.69, 9.17) is 0 Å². The van der Waals surface area contributed by atoms with Gasteiger partial charge >= 0.3 is 0 Å². The number of fused-ring (bicyclic) bond motifs is 2. The molecule has 12 nitrogen and oxygen atoms in total. The van der Waals surface area contributed by atoms with E-state index in [-0.39, 0.29) is 35.6 Å². The van der Waals surface area contributed by atoms with Crippen molar-refractivity contribution in [3.8, 4) is 11.1 Å². The standard InChI is InChI=1S/C34H38BrN9O3/c1-20-5-8-29(35)38-32(20)39-33(47)27-14-34(19-42-11-9-41(4)10-12-42)15-28(34)44(27)30(46)18-43-26-7-6-23(24-16-36-22(3)37-17-24)13-25(26)31(40-43)21(2)45/h5-8,13,16-17,27-28H,9-12,14-15,18-19H2,1-4H3,(H,38,39,47)/t27-,28?,34?/m0/s1. The summed E-state index contributed by atoms with van der Waals surface area (Å²) in [6.45, 7) is 9.93. The van der Waals surface area contributed by atoms with E-state index in [1.54, 1.807) is 22.0 Å². The average Bonchev–Trinajstić information content (AvgIpc) is 3.45. The van der Waals surface area contributed by atoms with Crippen LogP contribution >= 0.6 is 15.9 Å². The number of pyridine rings is 1. The first-order valence-electron chi connectivity index (χ1n) is 16.0. The van der Waals surface area contributed by atoms with E-state index in [1.807, 2.05) is 44.2 Å². The van der Waals surface area contributed by atoms with Crippen molar-refractivity contribution < 1.29 is 14.4 Å². The Morgan fingerprint density at radius 1 is 1.00 bits per heavy atom. The van der Waals surface area contributed by atoms with E-state index in [2.05, 4.69) is 58.1 Å². The minimum atomic E-state index is -0.642. The number of hydrogen-bond acceptors (Lipinski definition) is 9. The number of anilines is 1. The lowest BCUT2D eigenvalue weighted by Gasteiger charge is -2.34. The highest BCUT2D eigenvalue weighted by Gasteiger charge is 2.67. The Bertz CT molecular complexity index is 1890. The number of benzene rings is 1. The molecule has 2 amide bonds. The van der Waals surface area contributed by atoms with Crippen molar-refractivity contribution in [2.24, 2.45) is 5.41 Å². The number of likely N-dealkylation sites (N-methyl/N-ethyl adjacent to an activating group) is 1. The summed E-state index contributed by atoms with van der Waals surface area (Å²) in [7, 11) is 2.14. The summed E-state index contributed by atoms with van der Waals surface area (Å²) >= 11 is 3.40. The minimum Gasteiger partial charge on any atom is -0.325 e. The minimum absolute atomic E-state index is 0.0378. The highest BCUT2D eigenvalue weighted by Crippen LogP contribution is 2.60. The lowest BCUT2D eigenvalue weighted by molar-refractivity contribution is -0.138. The molecule has 13 heteroatoms. The molecule has 1 saturated carbocycles.